The summed E-state index contributed by atoms with van der Waals surface area (Å²) in [5, 5.41) is 3.85. The van der Waals surface area contributed by atoms with Gasteiger partial charge in [-0.2, -0.15) is 13.2 Å². The van der Waals surface area contributed by atoms with E-state index in [2.05, 4.69) is 27.2 Å². The van der Waals surface area contributed by atoms with Gasteiger partial charge in [-0.05, 0) is 75.6 Å². The van der Waals surface area contributed by atoms with Gasteiger partial charge in [0.2, 0.25) is 0 Å². The van der Waals surface area contributed by atoms with Gasteiger partial charge >= 0.3 is 6.18 Å². The molecule has 176 valence electrons. The van der Waals surface area contributed by atoms with Gasteiger partial charge in [0.1, 0.15) is 17.8 Å². The first-order valence-corrected chi connectivity index (χ1v) is 10.8. The number of fused-ring (bicyclic) bond motifs is 1. The number of aromatic nitrogens is 3. The third-order valence-corrected chi connectivity index (χ3v) is 6.35. The van der Waals surface area contributed by atoms with Crippen LogP contribution in [0.3, 0.4) is 0 Å². The standard InChI is InChI=1S/C23H27F3N6O/c1-13(15-8-16(23(24,25)26)10-17(27)9-15)30-20-19-11-18(14-4-6-31(2)7-5-14)22(33)32(3)21(19)29-12-28-20/h8-14H,4-7,27H2,1-3H3,(H,28,29,30)/t13-/m1/s1. The third kappa shape index (κ3) is 4.66. The van der Waals surface area contributed by atoms with Crippen LogP contribution in [-0.2, 0) is 13.2 Å². The quantitative estimate of drug-likeness (QED) is 0.574. The molecule has 33 heavy (non-hydrogen) atoms. The van der Waals surface area contributed by atoms with Gasteiger partial charge in [0.15, 0.2) is 0 Å². The average molecular weight is 461 g/mol. The van der Waals surface area contributed by atoms with Crippen LogP contribution in [0, 0.1) is 0 Å². The van der Waals surface area contributed by atoms with Crippen LogP contribution < -0.4 is 16.6 Å². The number of nitrogens with two attached hydrogens (primary N) is 1. The van der Waals surface area contributed by atoms with Gasteiger partial charge < -0.3 is 16.0 Å². The van der Waals surface area contributed by atoms with Gasteiger partial charge in [-0.1, -0.05) is 0 Å². The summed E-state index contributed by atoms with van der Waals surface area (Å²) < 4.78 is 41.2. The molecule has 1 aromatic carbocycles. The lowest BCUT2D eigenvalue weighted by molar-refractivity contribution is -0.137. The Morgan fingerprint density at radius 3 is 2.48 bits per heavy atom. The minimum absolute atomic E-state index is 0.0352. The molecule has 3 aromatic rings. The highest BCUT2D eigenvalue weighted by atomic mass is 19.4. The molecule has 10 heteroatoms. The molecule has 4 rings (SSSR count). The van der Waals surface area contributed by atoms with E-state index in [-0.39, 0.29) is 17.2 Å². The van der Waals surface area contributed by atoms with Gasteiger partial charge in [-0.25, -0.2) is 9.97 Å². The van der Waals surface area contributed by atoms with Crippen LogP contribution in [-0.4, -0.2) is 39.6 Å². The zero-order chi connectivity index (χ0) is 23.9. The Hall–Kier alpha value is -3.14. The Morgan fingerprint density at radius 1 is 1.12 bits per heavy atom. The number of hydrogen-bond donors (Lipinski definition) is 2. The molecule has 0 aliphatic carbocycles. The molecule has 0 bridgehead atoms. The summed E-state index contributed by atoms with van der Waals surface area (Å²) in [5.74, 6) is 0.589. The van der Waals surface area contributed by atoms with Crippen LogP contribution >= 0.6 is 0 Å². The van der Waals surface area contributed by atoms with E-state index in [4.69, 9.17) is 5.73 Å². The lowest BCUT2D eigenvalue weighted by atomic mass is 9.90. The van der Waals surface area contributed by atoms with E-state index in [0.717, 1.165) is 38.1 Å². The molecule has 0 amide bonds. The Bertz CT molecular complexity index is 1230. The number of alkyl halides is 3. The van der Waals surface area contributed by atoms with Crippen molar-refractivity contribution in [3.63, 3.8) is 0 Å². The lowest BCUT2D eigenvalue weighted by Gasteiger charge is -2.29. The van der Waals surface area contributed by atoms with E-state index in [0.29, 0.717) is 28.0 Å². The van der Waals surface area contributed by atoms with Gasteiger partial charge in [0.05, 0.1) is 17.0 Å². The van der Waals surface area contributed by atoms with Crippen molar-refractivity contribution in [2.75, 3.05) is 31.2 Å². The fourth-order valence-corrected chi connectivity index (χ4v) is 4.40. The van der Waals surface area contributed by atoms with Crippen molar-refractivity contribution < 1.29 is 13.2 Å². The number of halogens is 3. The van der Waals surface area contributed by atoms with Crippen molar-refractivity contribution in [3.8, 4) is 0 Å². The molecule has 0 spiro atoms. The van der Waals surface area contributed by atoms with Crippen LogP contribution in [0.1, 0.15) is 48.4 Å². The molecule has 0 unspecified atom stereocenters. The molecule has 0 saturated carbocycles. The number of rotatable bonds is 4. The Balaban J connectivity index is 1.73. The molecule has 1 aliphatic rings. The molecule has 1 atom stereocenters. The van der Waals surface area contributed by atoms with Gasteiger partial charge in [-0.3, -0.25) is 9.36 Å². The molecule has 7 nitrogen and oxygen atoms in total. The second-order valence-electron chi connectivity index (χ2n) is 8.75. The summed E-state index contributed by atoms with van der Waals surface area (Å²) in [5.41, 5.74) is 6.44. The van der Waals surface area contributed by atoms with E-state index < -0.39 is 17.8 Å². The molecule has 3 N–H and O–H groups in total. The normalized spacial score (nSPS) is 16.8. The summed E-state index contributed by atoms with van der Waals surface area (Å²) in [4.78, 5) is 23.9. The smallest absolute Gasteiger partial charge is 0.399 e. The molecular weight excluding hydrogens is 433 g/mol. The van der Waals surface area contributed by atoms with Gasteiger partial charge in [0.25, 0.3) is 5.56 Å². The Morgan fingerprint density at radius 2 is 1.82 bits per heavy atom. The first kappa shape index (κ1) is 23.0. The number of anilines is 2. The van der Waals surface area contributed by atoms with Crippen LogP contribution in [0.5, 0.6) is 0 Å². The fraction of sp³-hybridized carbons (Fsp3) is 0.435. The van der Waals surface area contributed by atoms with E-state index in [1.54, 1.807) is 14.0 Å². The molecule has 2 aromatic heterocycles. The van der Waals surface area contributed by atoms with Gasteiger partial charge in [0, 0.05) is 18.3 Å². The zero-order valence-electron chi connectivity index (χ0n) is 18.8. The maximum atomic E-state index is 13.2. The molecule has 3 heterocycles. The maximum absolute atomic E-state index is 13.2. The largest absolute Gasteiger partial charge is 0.416 e. The predicted octanol–water partition coefficient (Wildman–Crippen LogP) is 3.91. The number of nitrogens with zero attached hydrogens (tertiary/aromatic N) is 4. The van der Waals surface area contributed by atoms with E-state index in [1.807, 2.05) is 6.07 Å². The van der Waals surface area contributed by atoms with Crippen molar-refractivity contribution in [3.05, 3.63) is 57.6 Å². The van der Waals surface area contributed by atoms with Crippen molar-refractivity contribution in [1.82, 2.24) is 19.4 Å². The zero-order valence-corrected chi connectivity index (χ0v) is 18.8. The highest BCUT2D eigenvalue weighted by Crippen LogP contribution is 2.34. The summed E-state index contributed by atoms with van der Waals surface area (Å²) in [6.45, 7) is 3.56. The van der Waals surface area contributed by atoms with Crippen LogP contribution in [0.2, 0.25) is 0 Å². The second-order valence-corrected chi connectivity index (χ2v) is 8.75. The Labute approximate surface area is 189 Å². The minimum Gasteiger partial charge on any atom is -0.399 e. The van der Waals surface area contributed by atoms with Crippen LogP contribution in [0.25, 0.3) is 11.0 Å². The molecule has 1 fully saturated rings. The van der Waals surface area contributed by atoms with Crippen molar-refractivity contribution in [2.45, 2.75) is 37.9 Å². The number of pyridine rings is 1. The number of nitrogen functional groups attached to an aromatic ring is 1. The summed E-state index contributed by atoms with van der Waals surface area (Å²) in [6, 6.07) is 4.83. The van der Waals surface area contributed by atoms with Crippen molar-refractivity contribution in [1.29, 1.82) is 0 Å². The van der Waals surface area contributed by atoms with Gasteiger partial charge in [-0.15, -0.1) is 0 Å². The summed E-state index contributed by atoms with van der Waals surface area (Å²) in [7, 11) is 3.74. The average Bonchev–Trinajstić information content (AvgIpc) is 2.76. The highest BCUT2D eigenvalue weighted by Gasteiger charge is 2.31. The van der Waals surface area contributed by atoms with Crippen molar-refractivity contribution in [2.24, 2.45) is 7.05 Å². The highest BCUT2D eigenvalue weighted by molar-refractivity contribution is 5.87. The second kappa shape index (κ2) is 8.66. The number of piperidine rings is 1. The number of hydrogen-bond acceptors (Lipinski definition) is 6. The number of benzene rings is 1. The third-order valence-electron chi connectivity index (χ3n) is 6.35. The molecule has 0 radical (unpaired) electrons. The molecular formula is C23H27F3N6O. The SMILES string of the molecule is C[C@@H](Nc1ncnc2c1cc(C1CCN(C)CC1)c(=O)n2C)c1cc(N)cc(C(F)(F)F)c1. The first-order chi connectivity index (χ1) is 15.5. The predicted molar refractivity (Wildman–Crippen MR) is 122 cm³/mol. The summed E-state index contributed by atoms with van der Waals surface area (Å²) in [6.07, 6.45) is -1.39. The van der Waals surface area contributed by atoms with E-state index >= 15 is 0 Å². The number of likely N-dealkylation sites (tertiary alicyclic amines) is 1. The topological polar surface area (TPSA) is 89.1 Å². The minimum atomic E-state index is -4.49. The number of aryl methyl sites for hydroxylation is 1. The first-order valence-electron chi connectivity index (χ1n) is 10.8. The molecule has 1 saturated heterocycles. The van der Waals surface area contributed by atoms with Crippen LogP contribution in [0.4, 0.5) is 24.7 Å². The lowest BCUT2D eigenvalue weighted by Crippen LogP contribution is -2.33. The van der Waals surface area contributed by atoms with Crippen LogP contribution in [0.15, 0.2) is 35.4 Å². The monoisotopic (exact) mass is 460 g/mol. The summed E-state index contributed by atoms with van der Waals surface area (Å²) >= 11 is 0. The molecule has 1 aliphatic heterocycles. The van der Waals surface area contributed by atoms with E-state index in [1.165, 1.54) is 17.0 Å². The fourth-order valence-electron chi connectivity index (χ4n) is 4.40. The number of nitrogens with one attached hydrogen (secondary N) is 1. The Kier molecular flexibility index (Phi) is 6.04. The van der Waals surface area contributed by atoms with E-state index in [9.17, 15) is 18.0 Å². The van der Waals surface area contributed by atoms with Crippen molar-refractivity contribution >= 4 is 22.5 Å². The maximum Gasteiger partial charge on any atom is 0.416 e.